The fourth-order valence-corrected chi connectivity index (χ4v) is 14.6. The van der Waals surface area contributed by atoms with E-state index >= 15 is 0 Å². The molecule has 6 amide bonds. The Bertz CT molecular complexity index is 5480. The molecule has 0 radical (unpaired) electrons. The average molecular weight is 1830 g/mol. The van der Waals surface area contributed by atoms with E-state index in [1.807, 2.05) is 187 Å². The molecule has 0 bridgehead atoms. The van der Waals surface area contributed by atoms with E-state index in [2.05, 4.69) is 21.4 Å². The quantitative estimate of drug-likeness (QED) is 0.0139. The highest BCUT2D eigenvalue weighted by Gasteiger charge is 2.55. The summed E-state index contributed by atoms with van der Waals surface area (Å²) in [5.41, 5.74) is 14.9. The summed E-state index contributed by atoms with van der Waals surface area (Å²) in [7, 11) is 2.71. The summed E-state index contributed by atoms with van der Waals surface area (Å²) < 4.78 is 126. The molecule has 0 aliphatic carbocycles. The number of benzene rings is 8. The number of nitrogen functional groups attached to an aromatic ring is 2. The van der Waals surface area contributed by atoms with E-state index in [9.17, 15) is 102 Å². The van der Waals surface area contributed by atoms with Crippen LogP contribution in [0, 0.1) is 94.3 Å². The molecule has 5 aliphatic rings. The predicted molar refractivity (Wildman–Crippen MR) is 475 cm³/mol. The molecule has 26 nitrogen and oxygen atoms in total. The molecule has 8 unspecified atom stereocenters. The Morgan fingerprint density at radius 2 is 0.802 bits per heavy atom. The molecule has 5 fully saturated rings. The maximum atomic E-state index is 13.1. The van der Waals surface area contributed by atoms with Crippen LogP contribution in [-0.4, -0.2) is 134 Å². The van der Waals surface area contributed by atoms with Crippen molar-refractivity contribution in [3.63, 3.8) is 0 Å². The summed E-state index contributed by atoms with van der Waals surface area (Å²) in [6, 6.07) is 49.9. The molecule has 35 heteroatoms. The first-order chi connectivity index (χ1) is 61.0. The van der Waals surface area contributed by atoms with Crippen LogP contribution in [0.4, 0.5) is 85.0 Å². The number of anilines is 8. The van der Waals surface area contributed by atoms with Gasteiger partial charge in [-0.25, -0.2) is 0 Å². The second kappa shape index (κ2) is 44.9. The van der Waals surface area contributed by atoms with Gasteiger partial charge in [-0.2, -0.15) is 39.5 Å². The molecule has 5 heterocycles. The van der Waals surface area contributed by atoms with Crippen LogP contribution in [0.1, 0.15) is 116 Å². The molecule has 0 saturated carbocycles. The molecule has 5 saturated heterocycles. The van der Waals surface area contributed by atoms with Gasteiger partial charge in [0.25, 0.3) is 6.47 Å². The standard InChI is InChI=1S/C22H23F3N2O2.C15H19NO3.C14H17NO3.C13H15NO3.C12H13NO3.C8H5F6N.C7H9N.C5H6O4/c1-13-9-16(22(23,24)25)11-17(10-13)26-20(29)21(4)12-27(19(28)15(21)3)18-8-6-5-7-14(18)2;1-10-7-5-6-8-12(10)16-9-15(3,14(18)19-4)11(2)13(16)17;1-9-6-4-5-7-11(9)15-8-14(3,13(17)18)10(2)12(15)16;1-9-5-3-4-6-11(9)14-8-10(7-12(14)15)13(16)17-2;1-8-4-2-3-5-10(8)13-7-9(12(15)16)6-11(13)14;9-7(10,11)4-1-5(8(12,13)14)3-6(15)2-4;1-6-4-2-3-5-7(6)8;1-4(9-3-6)2-5(7)8/h5-11,15H,12H2,1-4H3,(H,26,29);5-8,11H,9H2,1-4H3;4-7,10H,8H2,1-3H3,(H,17,18);3-6,10H,7-8H2,1-2H3;2-5,9H,6-7H2,1H3,(H,15,16);1-3H,15H2;2-5H,8H2,1H3;3H,1-2H2,(H,7,8). The molecule has 0 aromatic heterocycles. The number of nitrogens with one attached hydrogen (secondary N) is 1. The monoisotopic (exact) mass is 1830 g/mol. The van der Waals surface area contributed by atoms with Crippen molar-refractivity contribution in [1.82, 2.24) is 0 Å². The Morgan fingerprint density at radius 3 is 1.12 bits per heavy atom. The number of alkyl halides is 9. The fourth-order valence-electron chi connectivity index (χ4n) is 14.6. The first kappa shape index (κ1) is 106. The lowest BCUT2D eigenvalue weighted by Gasteiger charge is -2.26. The van der Waals surface area contributed by atoms with Crippen molar-refractivity contribution in [3.8, 4) is 0 Å². The van der Waals surface area contributed by atoms with Crippen molar-refractivity contribution in [2.75, 3.05) is 88.2 Å². The summed E-state index contributed by atoms with van der Waals surface area (Å²) in [4.78, 5) is 147. The van der Waals surface area contributed by atoms with E-state index in [1.54, 1.807) is 66.0 Å². The van der Waals surface area contributed by atoms with Gasteiger partial charge in [0.2, 0.25) is 35.4 Å². The third kappa shape index (κ3) is 27.1. The number of amides is 6. The van der Waals surface area contributed by atoms with Crippen LogP contribution in [0.15, 0.2) is 194 Å². The Morgan fingerprint density at radius 1 is 0.466 bits per heavy atom. The molecule has 702 valence electrons. The molecule has 8 aromatic carbocycles. The number of ether oxygens (including phenoxy) is 3. The molecule has 13 rings (SSSR count). The average Bonchev–Trinajstić information content (AvgIpc) is 1.59. The van der Waals surface area contributed by atoms with Gasteiger partial charge in [0.15, 0.2) is 0 Å². The Kier molecular flexibility index (Phi) is 36.3. The number of nitrogens with two attached hydrogens (primary N) is 2. The van der Waals surface area contributed by atoms with Gasteiger partial charge in [-0.1, -0.05) is 137 Å². The van der Waals surface area contributed by atoms with Gasteiger partial charge >= 0.3 is 48.4 Å². The summed E-state index contributed by atoms with van der Waals surface area (Å²) in [5.74, 6) is -6.93. The lowest BCUT2D eigenvalue weighted by atomic mass is 9.80. The van der Waals surface area contributed by atoms with E-state index in [0.717, 1.165) is 79.6 Å². The van der Waals surface area contributed by atoms with Crippen LogP contribution < -0.4 is 41.3 Å². The number of carboxylic acids is 3. The van der Waals surface area contributed by atoms with E-state index in [1.165, 1.54) is 27.2 Å². The number of aliphatic carboxylic acids is 3. The van der Waals surface area contributed by atoms with Crippen LogP contribution in [0.3, 0.4) is 0 Å². The van der Waals surface area contributed by atoms with E-state index in [-0.39, 0.29) is 116 Å². The number of aryl methyl sites for hydroxylation is 7. The van der Waals surface area contributed by atoms with Crippen molar-refractivity contribution >= 4 is 117 Å². The number of carbonyl (C=O) groups excluding carboxylic acids is 9. The van der Waals surface area contributed by atoms with E-state index < -0.39 is 98.7 Å². The SMILES string of the molecule is C=C(CC(=O)O)OC=O.COC(=O)C1(C)CN(c2ccccc2C)C(=O)C1C.COC(=O)C1CC(=O)N(c2ccccc2C)C1.Cc1cc(NC(=O)C2(C)CN(c3ccccc3C)C(=O)C2C)cc(C(F)(F)F)c1.Cc1ccccc1N.Cc1ccccc1N1CC(C(=O)O)CC1=O.Cc1ccccc1N1CC(C)(C(=O)O)C(C)C1=O.Nc1cc(C(F)(F)F)cc(C(F)(F)F)c1. The van der Waals surface area contributed by atoms with Crippen molar-refractivity contribution in [2.45, 2.75) is 128 Å². The molecule has 0 spiro atoms. The van der Waals surface area contributed by atoms with E-state index in [0.29, 0.717) is 30.8 Å². The number of halogens is 9. The zero-order valence-electron chi connectivity index (χ0n) is 74.9. The third-order valence-corrected chi connectivity index (χ3v) is 23.1. The van der Waals surface area contributed by atoms with Gasteiger partial charge in [0.1, 0.15) is 12.2 Å². The largest absolute Gasteiger partial charge is 0.481 e. The molecule has 8 N–H and O–H groups in total. The van der Waals surface area contributed by atoms with Crippen LogP contribution in [0.2, 0.25) is 0 Å². The minimum Gasteiger partial charge on any atom is -0.481 e. The number of carboxylic acid groups (broad SMARTS) is 3. The third-order valence-electron chi connectivity index (χ3n) is 23.1. The fraction of sp³-hybridized carbons (Fsp3) is 0.354. The molecule has 5 aliphatic heterocycles. The minimum absolute atomic E-state index is 0.0188. The van der Waals surface area contributed by atoms with Crippen LogP contribution >= 0.6 is 0 Å². The number of nitrogens with zero attached hydrogens (tertiary/aromatic N) is 5. The first-order valence-corrected chi connectivity index (χ1v) is 40.8. The molecular weight excluding hydrogens is 1720 g/mol. The molecule has 131 heavy (non-hydrogen) atoms. The second-order valence-electron chi connectivity index (χ2n) is 32.7. The van der Waals surface area contributed by atoms with Crippen LogP contribution in [0.5, 0.6) is 0 Å². The highest BCUT2D eigenvalue weighted by Crippen LogP contribution is 2.45. The van der Waals surface area contributed by atoms with Crippen molar-refractivity contribution in [1.29, 1.82) is 0 Å². The van der Waals surface area contributed by atoms with Gasteiger partial charge in [0.05, 0.1) is 76.7 Å². The summed E-state index contributed by atoms with van der Waals surface area (Å²) in [6.07, 6.45) is -14.2. The van der Waals surface area contributed by atoms with Gasteiger partial charge in [-0.3, -0.25) is 57.5 Å². The first-order valence-electron chi connectivity index (χ1n) is 40.8. The molecule has 8 aromatic rings. The normalized spacial score (nSPS) is 20.1. The van der Waals surface area contributed by atoms with Gasteiger partial charge in [-0.15, -0.1) is 0 Å². The van der Waals surface area contributed by atoms with Gasteiger partial charge in [-0.05, 0) is 181 Å². The Balaban J connectivity index is 0.000000236. The highest BCUT2D eigenvalue weighted by molar-refractivity contribution is 6.08. The summed E-state index contributed by atoms with van der Waals surface area (Å²) >= 11 is 0. The number of carbonyl (C=O) groups is 12. The summed E-state index contributed by atoms with van der Waals surface area (Å²) in [6.45, 7) is 28.1. The van der Waals surface area contributed by atoms with Crippen LogP contribution in [0.25, 0.3) is 0 Å². The number of rotatable bonds is 15. The maximum Gasteiger partial charge on any atom is 0.416 e. The van der Waals surface area contributed by atoms with Crippen molar-refractivity contribution < 1.29 is 127 Å². The maximum absolute atomic E-state index is 13.1. The Labute approximate surface area is 752 Å². The smallest absolute Gasteiger partial charge is 0.416 e. The predicted octanol–water partition coefficient (Wildman–Crippen LogP) is 17.2. The number of hydrogen-bond acceptors (Lipinski definition) is 17. The number of hydrogen-bond donors (Lipinski definition) is 6. The highest BCUT2D eigenvalue weighted by atomic mass is 19.4. The number of para-hydroxylation sites is 6. The second-order valence-corrected chi connectivity index (χ2v) is 32.7. The van der Waals surface area contributed by atoms with Gasteiger partial charge < -0.3 is 70.8 Å². The lowest BCUT2D eigenvalue weighted by molar-refractivity contribution is -0.154. The van der Waals surface area contributed by atoms with Crippen molar-refractivity contribution in [3.05, 3.63) is 250 Å². The lowest BCUT2D eigenvalue weighted by Crippen LogP contribution is -2.39. The zero-order valence-corrected chi connectivity index (χ0v) is 74.9. The van der Waals surface area contributed by atoms with Crippen molar-refractivity contribution in [2.24, 2.45) is 45.8 Å². The minimum atomic E-state index is -4.84. The summed E-state index contributed by atoms with van der Waals surface area (Å²) in [5, 5.41) is 28.9. The van der Waals surface area contributed by atoms with E-state index in [4.69, 9.17) is 26.4 Å². The van der Waals surface area contributed by atoms with Crippen LogP contribution in [-0.2, 0) is 90.3 Å². The molecular formula is C96H107F9N8O18. The number of methoxy groups -OCH3 is 2. The van der Waals surface area contributed by atoms with Gasteiger partial charge in [0, 0.05) is 91.1 Å². The Hall–Kier alpha value is -13.9. The molecule has 8 atom stereocenters. The topological polar surface area (TPSA) is 373 Å². The zero-order chi connectivity index (χ0) is 98.5. The number of esters is 2.